The summed E-state index contributed by atoms with van der Waals surface area (Å²) in [5.41, 5.74) is -0.247. The van der Waals surface area contributed by atoms with Crippen LogP contribution in [0.25, 0.3) is 0 Å². The first-order valence-electron chi connectivity index (χ1n) is 5.76. The molecule has 0 aromatic heterocycles. The van der Waals surface area contributed by atoms with Crippen molar-refractivity contribution in [2.75, 3.05) is 7.11 Å². The van der Waals surface area contributed by atoms with Crippen molar-refractivity contribution in [3.05, 3.63) is 50.2 Å². The van der Waals surface area contributed by atoms with Crippen LogP contribution in [-0.4, -0.2) is 18.2 Å². The van der Waals surface area contributed by atoms with E-state index in [2.05, 4.69) is 15.9 Å². The maximum absolute atomic E-state index is 14.0. The van der Waals surface area contributed by atoms with E-state index >= 15 is 0 Å². The summed E-state index contributed by atoms with van der Waals surface area (Å²) in [6, 6.07) is 4.95. The lowest BCUT2D eigenvalue weighted by Crippen LogP contribution is -2.02. The number of carboxylic acid groups (broad SMARTS) is 1. The van der Waals surface area contributed by atoms with Gasteiger partial charge in [-0.15, -0.1) is 0 Å². The third-order valence-electron chi connectivity index (χ3n) is 2.66. The second-order valence-electron chi connectivity index (χ2n) is 4.09. The van der Waals surface area contributed by atoms with Crippen molar-refractivity contribution in [2.24, 2.45) is 0 Å². The summed E-state index contributed by atoms with van der Waals surface area (Å²) in [5.74, 6) is -2.52. The Labute approximate surface area is 143 Å². The first-order chi connectivity index (χ1) is 10.3. The number of carboxylic acids is 1. The van der Waals surface area contributed by atoms with E-state index in [-0.39, 0.29) is 32.9 Å². The molecule has 0 saturated heterocycles. The van der Waals surface area contributed by atoms with Gasteiger partial charge in [0.25, 0.3) is 0 Å². The largest absolute Gasteiger partial charge is 0.496 e. The predicted octanol–water partition coefficient (Wildman–Crippen LogP) is 5.39. The van der Waals surface area contributed by atoms with Crippen LogP contribution >= 0.6 is 39.1 Å². The predicted molar refractivity (Wildman–Crippen MR) is 84.1 cm³/mol. The number of rotatable bonds is 4. The summed E-state index contributed by atoms with van der Waals surface area (Å²) >= 11 is 15.2. The van der Waals surface area contributed by atoms with Gasteiger partial charge in [0.2, 0.25) is 0 Å². The number of benzene rings is 2. The minimum absolute atomic E-state index is 0.0203. The fourth-order valence-electron chi connectivity index (χ4n) is 1.69. The Balaban J connectivity index is 2.51. The molecule has 0 bridgehead atoms. The molecule has 0 amide bonds. The van der Waals surface area contributed by atoms with Crippen molar-refractivity contribution in [2.45, 2.75) is 0 Å². The first-order valence-corrected chi connectivity index (χ1v) is 7.31. The van der Waals surface area contributed by atoms with Crippen molar-refractivity contribution in [1.29, 1.82) is 0 Å². The number of halogens is 4. The van der Waals surface area contributed by atoms with Crippen molar-refractivity contribution in [3.63, 3.8) is 0 Å². The van der Waals surface area contributed by atoms with Gasteiger partial charge in [-0.05, 0) is 12.1 Å². The number of hydrogen-bond acceptors (Lipinski definition) is 3. The number of ether oxygens (including phenoxy) is 2. The molecule has 116 valence electrons. The summed E-state index contributed by atoms with van der Waals surface area (Å²) in [6.45, 7) is 0. The highest BCUT2D eigenvalue weighted by Crippen LogP contribution is 2.40. The lowest BCUT2D eigenvalue weighted by molar-refractivity contribution is 0.0693. The molecule has 0 aliphatic heterocycles. The molecule has 0 aliphatic carbocycles. The number of carbonyl (C=O) groups is 1. The van der Waals surface area contributed by atoms with Gasteiger partial charge in [-0.25, -0.2) is 9.18 Å². The number of hydrogen-bond donors (Lipinski definition) is 1. The highest BCUT2D eigenvalue weighted by atomic mass is 79.9. The summed E-state index contributed by atoms with van der Waals surface area (Å²) in [7, 11) is 1.24. The smallest absolute Gasteiger partial charge is 0.339 e. The van der Waals surface area contributed by atoms with Crippen molar-refractivity contribution >= 4 is 45.1 Å². The standard InChI is InChI=1S/C14H8BrCl2FO4/c1-21-11-5-10(18)12(4-7(11)14(19)20)22-13-8(16)2-6(15)3-9(13)17/h2-5H,1H3,(H,19,20). The molecule has 0 unspecified atom stereocenters. The SMILES string of the molecule is COc1cc(F)c(Oc2c(Cl)cc(Br)cc2Cl)cc1C(=O)O. The maximum atomic E-state index is 14.0. The van der Waals surface area contributed by atoms with Gasteiger partial charge in [-0.1, -0.05) is 39.1 Å². The molecule has 0 fully saturated rings. The average Bonchev–Trinajstić information content (AvgIpc) is 2.43. The van der Waals surface area contributed by atoms with Crippen molar-refractivity contribution < 1.29 is 23.8 Å². The summed E-state index contributed by atoms with van der Waals surface area (Å²) in [6.07, 6.45) is 0. The third-order valence-corrected chi connectivity index (χ3v) is 3.68. The molecular weight excluding hydrogens is 402 g/mol. The van der Waals surface area contributed by atoms with Gasteiger partial charge in [-0.3, -0.25) is 0 Å². The monoisotopic (exact) mass is 408 g/mol. The van der Waals surface area contributed by atoms with E-state index in [4.69, 9.17) is 37.8 Å². The van der Waals surface area contributed by atoms with Gasteiger partial charge in [-0.2, -0.15) is 0 Å². The molecule has 0 radical (unpaired) electrons. The molecule has 2 aromatic carbocycles. The zero-order chi connectivity index (χ0) is 16.4. The Morgan fingerprint density at radius 2 is 1.77 bits per heavy atom. The van der Waals surface area contributed by atoms with Crippen LogP contribution in [0.3, 0.4) is 0 Å². The zero-order valence-electron chi connectivity index (χ0n) is 11.0. The van der Waals surface area contributed by atoms with Gasteiger partial charge >= 0.3 is 5.97 Å². The molecule has 0 spiro atoms. The van der Waals surface area contributed by atoms with Crippen LogP contribution < -0.4 is 9.47 Å². The highest BCUT2D eigenvalue weighted by molar-refractivity contribution is 9.10. The van der Waals surface area contributed by atoms with Crippen LogP contribution in [0.15, 0.2) is 28.7 Å². The van der Waals surface area contributed by atoms with Crippen molar-refractivity contribution in [1.82, 2.24) is 0 Å². The first kappa shape index (κ1) is 16.9. The van der Waals surface area contributed by atoms with Gasteiger partial charge in [0.15, 0.2) is 17.3 Å². The molecular formula is C14H8BrCl2FO4. The zero-order valence-corrected chi connectivity index (χ0v) is 14.1. The van der Waals surface area contributed by atoms with Crippen LogP contribution in [0.2, 0.25) is 10.0 Å². The summed E-state index contributed by atoms with van der Waals surface area (Å²) in [4.78, 5) is 11.2. The number of methoxy groups -OCH3 is 1. The lowest BCUT2D eigenvalue weighted by atomic mass is 10.2. The minimum Gasteiger partial charge on any atom is -0.496 e. The maximum Gasteiger partial charge on any atom is 0.339 e. The van der Waals surface area contributed by atoms with E-state index in [1.807, 2.05) is 0 Å². The highest BCUT2D eigenvalue weighted by Gasteiger charge is 2.19. The summed E-state index contributed by atoms with van der Waals surface area (Å²) < 4.78 is 24.8. The molecule has 8 heteroatoms. The topological polar surface area (TPSA) is 55.8 Å². The fourth-order valence-corrected chi connectivity index (χ4v) is 2.97. The van der Waals surface area contributed by atoms with Gasteiger partial charge < -0.3 is 14.6 Å². The third kappa shape index (κ3) is 3.45. The molecule has 0 aliphatic rings. The van der Waals surface area contributed by atoms with E-state index in [1.165, 1.54) is 19.2 Å². The molecule has 1 N–H and O–H groups in total. The van der Waals surface area contributed by atoms with E-state index in [9.17, 15) is 9.18 Å². The molecule has 0 heterocycles. The summed E-state index contributed by atoms with van der Waals surface area (Å²) in [5, 5.41) is 9.40. The second kappa shape index (κ2) is 6.73. The van der Waals surface area contributed by atoms with Crippen LogP contribution in [-0.2, 0) is 0 Å². The van der Waals surface area contributed by atoms with E-state index in [0.29, 0.717) is 4.47 Å². The Morgan fingerprint density at radius 1 is 1.18 bits per heavy atom. The van der Waals surface area contributed by atoms with Crippen molar-refractivity contribution in [3.8, 4) is 17.2 Å². The van der Waals surface area contributed by atoms with Crippen LogP contribution in [0.4, 0.5) is 4.39 Å². The van der Waals surface area contributed by atoms with Gasteiger partial charge in [0.05, 0.1) is 17.2 Å². The Hall–Kier alpha value is -1.50. The van der Waals surface area contributed by atoms with Gasteiger partial charge in [0, 0.05) is 16.6 Å². The number of aromatic carboxylic acids is 1. The van der Waals surface area contributed by atoms with E-state index in [0.717, 1.165) is 12.1 Å². The van der Waals surface area contributed by atoms with Gasteiger partial charge in [0.1, 0.15) is 11.3 Å². The molecule has 4 nitrogen and oxygen atoms in total. The second-order valence-corrected chi connectivity index (χ2v) is 5.82. The Morgan fingerprint density at radius 3 is 2.27 bits per heavy atom. The minimum atomic E-state index is -1.28. The normalized spacial score (nSPS) is 10.4. The Kier molecular flexibility index (Phi) is 5.16. The van der Waals surface area contributed by atoms with Crippen LogP contribution in [0, 0.1) is 5.82 Å². The molecule has 0 saturated carbocycles. The molecule has 2 rings (SSSR count). The molecule has 2 aromatic rings. The fraction of sp³-hybridized carbons (Fsp3) is 0.0714. The quantitative estimate of drug-likeness (QED) is 0.734. The van der Waals surface area contributed by atoms with Crippen LogP contribution in [0.1, 0.15) is 10.4 Å². The van der Waals surface area contributed by atoms with Crippen LogP contribution in [0.5, 0.6) is 17.2 Å². The Bertz CT molecular complexity index is 729. The van der Waals surface area contributed by atoms with E-state index in [1.54, 1.807) is 0 Å². The lowest BCUT2D eigenvalue weighted by Gasteiger charge is -2.13. The molecule has 0 atom stereocenters. The molecule has 22 heavy (non-hydrogen) atoms. The van der Waals surface area contributed by atoms with E-state index < -0.39 is 11.8 Å². The average molecular weight is 410 g/mol.